The van der Waals surface area contributed by atoms with E-state index in [2.05, 4.69) is 4.98 Å². The van der Waals surface area contributed by atoms with E-state index in [0.29, 0.717) is 17.1 Å². The molecule has 2 aromatic heterocycles. The molecule has 0 bridgehead atoms. The molecule has 0 spiro atoms. The molecule has 158 valence electrons. The SMILES string of the molecule is O=C(O)c1ccc(S(=O)(=O)N(Cc2cccs2)c2ncc(C(F)(F)F)cc2Cl)cc1. The van der Waals surface area contributed by atoms with Crippen LogP contribution < -0.4 is 4.31 Å². The van der Waals surface area contributed by atoms with Crippen molar-refractivity contribution in [3.8, 4) is 0 Å². The van der Waals surface area contributed by atoms with Crippen LogP contribution in [0.1, 0.15) is 20.8 Å². The lowest BCUT2D eigenvalue weighted by Crippen LogP contribution is -2.31. The van der Waals surface area contributed by atoms with Gasteiger partial charge in [0, 0.05) is 11.1 Å². The fourth-order valence-corrected chi connectivity index (χ4v) is 4.99. The Kier molecular flexibility index (Phi) is 6.06. The lowest BCUT2D eigenvalue weighted by molar-refractivity contribution is -0.137. The Morgan fingerprint density at radius 1 is 1.20 bits per heavy atom. The highest BCUT2D eigenvalue weighted by Crippen LogP contribution is 2.36. The minimum absolute atomic E-state index is 0.121. The highest BCUT2D eigenvalue weighted by atomic mass is 35.5. The third kappa shape index (κ3) is 4.58. The number of aromatic carboxylic acids is 1. The van der Waals surface area contributed by atoms with Gasteiger partial charge in [-0.2, -0.15) is 13.2 Å². The summed E-state index contributed by atoms with van der Waals surface area (Å²) >= 11 is 7.23. The van der Waals surface area contributed by atoms with Crippen molar-refractivity contribution in [2.75, 3.05) is 4.31 Å². The van der Waals surface area contributed by atoms with Crippen LogP contribution in [0.4, 0.5) is 19.0 Å². The van der Waals surface area contributed by atoms with E-state index in [-0.39, 0.29) is 22.8 Å². The fourth-order valence-electron chi connectivity index (χ4n) is 2.48. The number of aromatic nitrogens is 1. The molecule has 1 aromatic carbocycles. The molecule has 0 fully saturated rings. The third-order valence-electron chi connectivity index (χ3n) is 3.95. The maximum atomic E-state index is 13.2. The maximum Gasteiger partial charge on any atom is 0.417 e. The molecule has 30 heavy (non-hydrogen) atoms. The van der Waals surface area contributed by atoms with Crippen molar-refractivity contribution in [3.63, 3.8) is 0 Å². The van der Waals surface area contributed by atoms with Crippen LogP contribution in [0.3, 0.4) is 0 Å². The van der Waals surface area contributed by atoms with Crippen molar-refractivity contribution in [1.29, 1.82) is 0 Å². The number of thiophene rings is 1. The molecule has 0 aliphatic rings. The van der Waals surface area contributed by atoms with Crippen LogP contribution in [0.25, 0.3) is 0 Å². The van der Waals surface area contributed by atoms with Crippen LogP contribution in [0.15, 0.2) is 58.9 Å². The van der Waals surface area contributed by atoms with Crippen molar-refractivity contribution in [2.24, 2.45) is 0 Å². The highest BCUT2D eigenvalue weighted by molar-refractivity contribution is 7.92. The van der Waals surface area contributed by atoms with Gasteiger partial charge in [-0.1, -0.05) is 17.7 Å². The number of hydrogen-bond acceptors (Lipinski definition) is 5. The normalized spacial score (nSPS) is 12.0. The van der Waals surface area contributed by atoms with Gasteiger partial charge in [-0.25, -0.2) is 22.5 Å². The average molecular weight is 477 g/mol. The molecule has 0 aliphatic carbocycles. The fraction of sp³-hybridized carbons (Fsp3) is 0.111. The molecule has 0 amide bonds. The number of carbonyl (C=O) groups is 1. The Morgan fingerprint density at radius 2 is 1.87 bits per heavy atom. The van der Waals surface area contributed by atoms with Crippen molar-refractivity contribution < 1.29 is 31.5 Å². The standard InChI is InChI=1S/C18H12ClF3N2O4S2/c19-15-8-12(18(20,21)22)9-23-16(15)24(10-13-2-1-7-29-13)30(27,28)14-5-3-11(4-6-14)17(25)26/h1-9H,10H2,(H,25,26). The zero-order chi connectivity index (χ0) is 22.1. The number of pyridine rings is 1. The first-order valence-electron chi connectivity index (χ1n) is 8.11. The van der Waals surface area contributed by atoms with Crippen molar-refractivity contribution >= 4 is 44.7 Å². The van der Waals surface area contributed by atoms with E-state index in [1.54, 1.807) is 17.5 Å². The zero-order valence-corrected chi connectivity index (χ0v) is 17.2. The van der Waals surface area contributed by atoms with Gasteiger partial charge in [0.2, 0.25) is 0 Å². The molecule has 1 N–H and O–H groups in total. The number of sulfonamides is 1. The summed E-state index contributed by atoms with van der Waals surface area (Å²) in [5.41, 5.74) is -1.24. The molecule has 0 radical (unpaired) electrons. The first-order valence-corrected chi connectivity index (χ1v) is 10.8. The Hall–Kier alpha value is -2.63. The number of nitrogens with zero attached hydrogens (tertiary/aromatic N) is 2. The van der Waals surface area contributed by atoms with Crippen molar-refractivity contribution in [2.45, 2.75) is 17.6 Å². The number of rotatable bonds is 6. The molecule has 0 aliphatic heterocycles. The maximum absolute atomic E-state index is 13.2. The molecule has 0 atom stereocenters. The average Bonchev–Trinajstić information content (AvgIpc) is 3.19. The Labute approximate surface area is 178 Å². The van der Waals surface area contributed by atoms with Gasteiger partial charge in [-0.15, -0.1) is 11.3 Å². The second kappa shape index (κ2) is 8.25. The summed E-state index contributed by atoms with van der Waals surface area (Å²) in [6, 6.07) is 8.36. The topological polar surface area (TPSA) is 87.6 Å². The summed E-state index contributed by atoms with van der Waals surface area (Å²) in [5, 5.41) is 10.2. The van der Waals surface area contributed by atoms with Crippen LogP contribution in [0, 0.1) is 0 Å². The minimum atomic E-state index is -4.70. The summed E-state index contributed by atoms with van der Waals surface area (Å²) < 4.78 is 66.1. The lowest BCUT2D eigenvalue weighted by atomic mass is 10.2. The number of alkyl halides is 3. The summed E-state index contributed by atoms with van der Waals surface area (Å²) in [6.45, 7) is -0.223. The first-order chi connectivity index (χ1) is 14.0. The van der Waals surface area contributed by atoms with Gasteiger partial charge >= 0.3 is 12.1 Å². The smallest absolute Gasteiger partial charge is 0.417 e. The van der Waals surface area contributed by atoms with Crippen molar-refractivity contribution in [1.82, 2.24) is 4.98 Å². The lowest BCUT2D eigenvalue weighted by Gasteiger charge is -2.24. The Bertz CT molecular complexity index is 1170. The number of carboxylic acid groups (broad SMARTS) is 1. The number of halogens is 4. The largest absolute Gasteiger partial charge is 0.478 e. The molecule has 0 saturated carbocycles. The number of benzene rings is 1. The number of carboxylic acids is 1. The molecule has 3 aromatic rings. The molecular formula is C18H12ClF3N2O4S2. The van der Waals surface area contributed by atoms with E-state index in [1.807, 2.05) is 0 Å². The van der Waals surface area contributed by atoms with Gasteiger partial charge in [0.1, 0.15) is 0 Å². The van der Waals surface area contributed by atoms with E-state index in [4.69, 9.17) is 16.7 Å². The Morgan fingerprint density at radius 3 is 2.37 bits per heavy atom. The predicted molar refractivity (Wildman–Crippen MR) is 105 cm³/mol. The molecule has 0 saturated heterocycles. The summed E-state index contributed by atoms with van der Waals surface area (Å²) in [4.78, 5) is 15.0. The summed E-state index contributed by atoms with van der Waals surface area (Å²) in [5.74, 6) is -1.61. The van der Waals surface area contributed by atoms with Gasteiger partial charge < -0.3 is 5.11 Å². The van der Waals surface area contributed by atoms with E-state index in [1.165, 1.54) is 11.3 Å². The molecule has 6 nitrogen and oxygen atoms in total. The monoisotopic (exact) mass is 476 g/mol. The van der Waals surface area contributed by atoms with Crippen LogP contribution in [-0.4, -0.2) is 24.5 Å². The molecule has 12 heteroatoms. The molecule has 0 unspecified atom stereocenters. The van der Waals surface area contributed by atoms with Gasteiger partial charge in [0.05, 0.1) is 27.6 Å². The quantitative estimate of drug-likeness (QED) is 0.546. The van der Waals surface area contributed by atoms with Gasteiger partial charge in [-0.3, -0.25) is 0 Å². The Balaban J connectivity index is 2.10. The van der Waals surface area contributed by atoms with Crippen LogP contribution in [0.2, 0.25) is 5.02 Å². The first kappa shape index (κ1) is 22.1. The summed E-state index contributed by atoms with van der Waals surface area (Å²) in [6.07, 6.45) is -4.19. The van der Waals surface area contributed by atoms with Crippen molar-refractivity contribution in [3.05, 3.63) is 75.1 Å². The highest BCUT2D eigenvalue weighted by Gasteiger charge is 2.34. The van der Waals surface area contributed by atoms with Crippen LogP contribution >= 0.6 is 22.9 Å². The van der Waals surface area contributed by atoms with Crippen LogP contribution in [0.5, 0.6) is 0 Å². The molecular weight excluding hydrogens is 465 g/mol. The van der Waals surface area contributed by atoms with Gasteiger partial charge in [0.25, 0.3) is 10.0 Å². The van der Waals surface area contributed by atoms with E-state index in [9.17, 15) is 26.4 Å². The number of anilines is 1. The second-order valence-corrected chi connectivity index (χ2v) is 9.25. The number of hydrogen-bond donors (Lipinski definition) is 1. The van der Waals surface area contributed by atoms with Gasteiger partial charge in [0.15, 0.2) is 5.82 Å². The van der Waals surface area contributed by atoms with Crippen LogP contribution in [-0.2, 0) is 22.7 Å². The van der Waals surface area contributed by atoms with E-state index >= 15 is 0 Å². The minimum Gasteiger partial charge on any atom is -0.478 e. The molecule has 3 rings (SSSR count). The van der Waals surface area contributed by atoms with E-state index < -0.39 is 32.8 Å². The van der Waals surface area contributed by atoms with E-state index in [0.717, 1.165) is 28.6 Å². The third-order valence-corrected chi connectivity index (χ3v) is 6.84. The van der Waals surface area contributed by atoms with Gasteiger partial charge in [-0.05, 0) is 41.8 Å². The summed E-state index contributed by atoms with van der Waals surface area (Å²) in [7, 11) is -4.32. The second-order valence-electron chi connectivity index (χ2n) is 5.95. The zero-order valence-electron chi connectivity index (χ0n) is 14.8. The predicted octanol–water partition coefficient (Wildman–Crippen LogP) is 4.91. The molecule has 2 heterocycles.